The van der Waals surface area contributed by atoms with E-state index in [1.807, 2.05) is 30.0 Å². The van der Waals surface area contributed by atoms with Crippen LogP contribution in [0.5, 0.6) is 0 Å². The fraction of sp³-hybridized carbons (Fsp3) is 0.533. The zero-order valence-electron chi connectivity index (χ0n) is 11.7. The van der Waals surface area contributed by atoms with E-state index in [-0.39, 0.29) is 17.5 Å². The van der Waals surface area contributed by atoms with Crippen LogP contribution in [0.1, 0.15) is 42.6 Å². The number of amides is 1. The SMILES string of the molecule is Cc1ccc(Br)cc1C(=O)N1CCCC(N)C1(C)C. The first-order chi connectivity index (χ1) is 8.84. The van der Waals surface area contributed by atoms with Gasteiger partial charge in [-0.05, 0) is 51.3 Å². The summed E-state index contributed by atoms with van der Waals surface area (Å²) < 4.78 is 0.931. The Hall–Kier alpha value is -0.870. The van der Waals surface area contributed by atoms with Crippen molar-refractivity contribution in [1.82, 2.24) is 4.90 Å². The van der Waals surface area contributed by atoms with Crippen molar-refractivity contribution in [1.29, 1.82) is 0 Å². The van der Waals surface area contributed by atoms with E-state index in [0.717, 1.165) is 35.0 Å². The minimum atomic E-state index is -0.288. The Balaban J connectivity index is 2.35. The highest BCUT2D eigenvalue weighted by Crippen LogP contribution is 2.29. The maximum absolute atomic E-state index is 12.8. The number of aryl methyl sites for hydroxylation is 1. The lowest BCUT2D eigenvalue weighted by molar-refractivity contribution is 0.0362. The summed E-state index contributed by atoms with van der Waals surface area (Å²) in [6.07, 6.45) is 1.96. The summed E-state index contributed by atoms with van der Waals surface area (Å²) in [6, 6.07) is 5.86. The van der Waals surface area contributed by atoms with Crippen LogP contribution < -0.4 is 5.73 Å². The molecule has 2 N–H and O–H groups in total. The summed E-state index contributed by atoms with van der Waals surface area (Å²) in [5, 5.41) is 0. The molecule has 1 heterocycles. The summed E-state index contributed by atoms with van der Waals surface area (Å²) in [7, 11) is 0. The van der Waals surface area contributed by atoms with E-state index in [4.69, 9.17) is 5.73 Å². The molecule has 1 unspecified atom stereocenters. The number of nitrogens with two attached hydrogens (primary N) is 1. The number of piperidine rings is 1. The van der Waals surface area contributed by atoms with Gasteiger partial charge in [0.15, 0.2) is 0 Å². The molecule has 0 aromatic heterocycles. The van der Waals surface area contributed by atoms with Crippen LogP contribution in [0.25, 0.3) is 0 Å². The van der Waals surface area contributed by atoms with Crippen molar-refractivity contribution in [2.75, 3.05) is 6.54 Å². The predicted molar refractivity (Wildman–Crippen MR) is 81.2 cm³/mol. The summed E-state index contributed by atoms with van der Waals surface area (Å²) in [5.74, 6) is 0.0824. The third-order valence-electron chi connectivity index (χ3n) is 4.18. The second kappa shape index (κ2) is 5.25. The first kappa shape index (κ1) is 14.5. The average Bonchev–Trinajstić information content (AvgIpc) is 2.35. The van der Waals surface area contributed by atoms with Gasteiger partial charge in [-0.25, -0.2) is 0 Å². The van der Waals surface area contributed by atoms with Gasteiger partial charge < -0.3 is 10.6 Å². The third-order valence-corrected chi connectivity index (χ3v) is 4.67. The Morgan fingerprint density at radius 3 is 2.84 bits per heavy atom. The molecule has 1 aromatic rings. The van der Waals surface area contributed by atoms with Crippen LogP contribution in [0, 0.1) is 6.92 Å². The summed E-state index contributed by atoms with van der Waals surface area (Å²) in [6.45, 7) is 6.87. The predicted octanol–water partition coefficient (Wildman–Crippen LogP) is 3.10. The standard InChI is InChI=1S/C15H21BrN2O/c1-10-6-7-11(16)9-12(10)14(19)18-8-4-5-13(17)15(18,2)3/h6-7,9,13H,4-5,8,17H2,1-3H3. The quantitative estimate of drug-likeness (QED) is 0.862. The molecule has 19 heavy (non-hydrogen) atoms. The minimum absolute atomic E-state index is 0.0395. The molecule has 1 fully saturated rings. The minimum Gasteiger partial charge on any atom is -0.332 e. The van der Waals surface area contributed by atoms with Crippen LogP contribution in [0.2, 0.25) is 0 Å². The van der Waals surface area contributed by atoms with Crippen molar-refractivity contribution in [3.8, 4) is 0 Å². The van der Waals surface area contributed by atoms with Gasteiger partial charge in [0.2, 0.25) is 0 Å². The Bertz CT molecular complexity index is 499. The van der Waals surface area contributed by atoms with E-state index in [9.17, 15) is 4.79 Å². The molecular weight excluding hydrogens is 304 g/mol. The van der Waals surface area contributed by atoms with E-state index in [1.54, 1.807) is 0 Å². The molecular formula is C15H21BrN2O. The molecule has 4 heteroatoms. The molecule has 1 aliphatic rings. The molecule has 1 aromatic carbocycles. The molecule has 1 saturated heterocycles. The van der Waals surface area contributed by atoms with Gasteiger partial charge in [0.1, 0.15) is 0 Å². The molecule has 0 bridgehead atoms. The maximum Gasteiger partial charge on any atom is 0.254 e. The van der Waals surface area contributed by atoms with Crippen molar-refractivity contribution in [2.45, 2.75) is 45.2 Å². The summed E-state index contributed by atoms with van der Waals surface area (Å²) >= 11 is 3.43. The van der Waals surface area contributed by atoms with Gasteiger partial charge in [-0.15, -0.1) is 0 Å². The number of carbonyl (C=O) groups is 1. The highest BCUT2D eigenvalue weighted by molar-refractivity contribution is 9.10. The molecule has 104 valence electrons. The monoisotopic (exact) mass is 324 g/mol. The largest absolute Gasteiger partial charge is 0.332 e. The highest BCUT2D eigenvalue weighted by Gasteiger charge is 2.39. The van der Waals surface area contributed by atoms with E-state index >= 15 is 0 Å². The first-order valence-corrected chi connectivity index (χ1v) is 7.47. The van der Waals surface area contributed by atoms with E-state index in [1.165, 1.54) is 0 Å². The normalized spacial score (nSPS) is 22.4. The average molecular weight is 325 g/mol. The Kier molecular flexibility index (Phi) is 4.02. The number of carbonyl (C=O) groups excluding carboxylic acids is 1. The molecule has 0 spiro atoms. The van der Waals surface area contributed by atoms with Gasteiger partial charge >= 0.3 is 0 Å². The molecule has 0 aliphatic carbocycles. The molecule has 1 atom stereocenters. The number of nitrogens with zero attached hydrogens (tertiary/aromatic N) is 1. The fourth-order valence-corrected chi connectivity index (χ4v) is 3.01. The van der Waals surface area contributed by atoms with Crippen molar-refractivity contribution in [3.05, 3.63) is 33.8 Å². The van der Waals surface area contributed by atoms with E-state index in [2.05, 4.69) is 29.8 Å². The van der Waals surface area contributed by atoms with Crippen LogP contribution in [0.15, 0.2) is 22.7 Å². The number of rotatable bonds is 1. The lowest BCUT2D eigenvalue weighted by atomic mass is 9.85. The fourth-order valence-electron chi connectivity index (χ4n) is 2.64. The Morgan fingerprint density at radius 2 is 2.16 bits per heavy atom. The number of likely N-dealkylation sites (tertiary alicyclic amines) is 1. The van der Waals surface area contributed by atoms with E-state index in [0.29, 0.717) is 0 Å². The van der Waals surface area contributed by atoms with Crippen molar-refractivity contribution >= 4 is 21.8 Å². The number of halogens is 1. The molecule has 0 radical (unpaired) electrons. The third kappa shape index (κ3) is 2.70. The van der Waals surface area contributed by atoms with Crippen LogP contribution in [0.4, 0.5) is 0 Å². The number of benzene rings is 1. The molecule has 0 saturated carbocycles. The zero-order valence-corrected chi connectivity index (χ0v) is 13.3. The van der Waals surface area contributed by atoms with E-state index < -0.39 is 0 Å². The van der Waals surface area contributed by atoms with Crippen molar-refractivity contribution in [3.63, 3.8) is 0 Å². The van der Waals surface area contributed by atoms with Crippen LogP contribution in [-0.4, -0.2) is 28.9 Å². The first-order valence-electron chi connectivity index (χ1n) is 6.67. The summed E-state index contributed by atoms with van der Waals surface area (Å²) in [5.41, 5.74) is 7.66. The van der Waals surface area contributed by atoms with Crippen LogP contribution >= 0.6 is 15.9 Å². The molecule has 1 aliphatic heterocycles. The van der Waals surface area contributed by atoms with Crippen molar-refractivity contribution in [2.24, 2.45) is 5.73 Å². The molecule has 2 rings (SSSR count). The zero-order chi connectivity index (χ0) is 14.2. The number of hydrogen-bond acceptors (Lipinski definition) is 2. The van der Waals surface area contributed by atoms with Gasteiger partial charge in [-0.3, -0.25) is 4.79 Å². The van der Waals surface area contributed by atoms with Crippen LogP contribution in [0.3, 0.4) is 0 Å². The van der Waals surface area contributed by atoms with Gasteiger partial charge in [-0.2, -0.15) is 0 Å². The molecule has 1 amide bonds. The smallest absolute Gasteiger partial charge is 0.254 e. The topological polar surface area (TPSA) is 46.3 Å². The second-order valence-electron chi connectivity index (χ2n) is 5.82. The highest BCUT2D eigenvalue weighted by atomic mass is 79.9. The maximum atomic E-state index is 12.8. The Morgan fingerprint density at radius 1 is 1.47 bits per heavy atom. The number of hydrogen-bond donors (Lipinski definition) is 1. The summed E-state index contributed by atoms with van der Waals surface area (Å²) in [4.78, 5) is 14.7. The lowest BCUT2D eigenvalue weighted by Gasteiger charge is -2.46. The molecule has 3 nitrogen and oxygen atoms in total. The second-order valence-corrected chi connectivity index (χ2v) is 6.73. The lowest BCUT2D eigenvalue weighted by Crippen LogP contribution is -2.61. The van der Waals surface area contributed by atoms with Gasteiger partial charge in [0.05, 0.1) is 5.54 Å². The van der Waals surface area contributed by atoms with Gasteiger partial charge in [0, 0.05) is 22.6 Å². The van der Waals surface area contributed by atoms with Gasteiger partial charge in [0.25, 0.3) is 5.91 Å². The van der Waals surface area contributed by atoms with Gasteiger partial charge in [-0.1, -0.05) is 22.0 Å². The van der Waals surface area contributed by atoms with Crippen molar-refractivity contribution < 1.29 is 4.79 Å². The van der Waals surface area contributed by atoms with Crippen LogP contribution in [-0.2, 0) is 0 Å². The Labute approximate surface area is 123 Å².